The Balaban J connectivity index is 1.79. The first-order valence-corrected chi connectivity index (χ1v) is 7.59. The molecule has 3 heterocycles. The molecule has 1 aliphatic rings. The minimum absolute atomic E-state index is 0.0669. The van der Waals surface area contributed by atoms with Gasteiger partial charge in [-0.25, -0.2) is 4.98 Å². The number of hydrogen-bond acceptors (Lipinski definition) is 3. The number of anilines is 1. The van der Waals surface area contributed by atoms with Crippen LogP contribution in [0.2, 0.25) is 0 Å². The highest BCUT2D eigenvalue weighted by atomic mass is 16.2. The van der Waals surface area contributed by atoms with Gasteiger partial charge in [-0.15, -0.1) is 0 Å². The molecule has 3 rings (SSSR count). The zero-order valence-corrected chi connectivity index (χ0v) is 12.8. The second-order valence-corrected chi connectivity index (χ2v) is 5.98. The normalized spacial score (nSPS) is 16.5. The molecule has 0 spiro atoms. The van der Waals surface area contributed by atoms with Crippen LogP contribution in [0.1, 0.15) is 26.7 Å². The van der Waals surface area contributed by atoms with Crippen LogP contribution in [0.3, 0.4) is 0 Å². The summed E-state index contributed by atoms with van der Waals surface area (Å²) in [6.07, 6.45) is 6.77. The quantitative estimate of drug-likeness (QED) is 0.938. The lowest BCUT2D eigenvalue weighted by molar-refractivity contribution is -0.136. The number of pyridine rings is 1. The number of carbonyl (C=O) groups is 2. The molecule has 116 valence electrons. The molecular weight excluding hydrogens is 280 g/mol. The summed E-state index contributed by atoms with van der Waals surface area (Å²) in [5.41, 5.74) is 1.47. The number of likely N-dealkylation sites (tertiary alicyclic amines) is 1. The van der Waals surface area contributed by atoms with E-state index in [-0.39, 0.29) is 17.7 Å². The van der Waals surface area contributed by atoms with Crippen LogP contribution in [0, 0.1) is 5.92 Å². The SMILES string of the molecule is CC(C)C(C(=O)Nc1ccn2ccnc2c1)N1CCCC1=O. The highest BCUT2D eigenvalue weighted by Gasteiger charge is 2.34. The van der Waals surface area contributed by atoms with E-state index in [2.05, 4.69) is 10.3 Å². The van der Waals surface area contributed by atoms with Gasteiger partial charge in [0.15, 0.2) is 0 Å². The first-order valence-electron chi connectivity index (χ1n) is 7.59. The van der Waals surface area contributed by atoms with Crippen LogP contribution >= 0.6 is 0 Å². The van der Waals surface area contributed by atoms with E-state index in [0.29, 0.717) is 18.7 Å². The first-order chi connectivity index (χ1) is 10.6. The summed E-state index contributed by atoms with van der Waals surface area (Å²) in [5, 5.41) is 2.92. The number of hydrogen-bond donors (Lipinski definition) is 1. The number of imidazole rings is 1. The summed E-state index contributed by atoms with van der Waals surface area (Å²) < 4.78 is 1.87. The fourth-order valence-corrected chi connectivity index (χ4v) is 2.97. The van der Waals surface area contributed by atoms with Crippen LogP contribution in [0.4, 0.5) is 5.69 Å². The van der Waals surface area contributed by atoms with Crippen molar-refractivity contribution in [3.63, 3.8) is 0 Å². The maximum absolute atomic E-state index is 12.6. The molecule has 0 bridgehead atoms. The van der Waals surface area contributed by atoms with Crippen LogP contribution in [-0.4, -0.2) is 38.7 Å². The van der Waals surface area contributed by atoms with Crippen molar-refractivity contribution in [1.29, 1.82) is 0 Å². The Morgan fingerprint density at radius 3 is 2.86 bits per heavy atom. The van der Waals surface area contributed by atoms with Crippen molar-refractivity contribution in [3.8, 4) is 0 Å². The summed E-state index contributed by atoms with van der Waals surface area (Å²) in [5.74, 6) is -0.00378. The highest BCUT2D eigenvalue weighted by Crippen LogP contribution is 2.21. The van der Waals surface area contributed by atoms with E-state index in [4.69, 9.17) is 0 Å². The lowest BCUT2D eigenvalue weighted by atomic mass is 10.0. The predicted molar refractivity (Wildman–Crippen MR) is 83.4 cm³/mol. The molecule has 6 nitrogen and oxygen atoms in total. The number of carbonyl (C=O) groups excluding carboxylic acids is 2. The van der Waals surface area contributed by atoms with Crippen molar-refractivity contribution in [2.75, 3.05) is 11.9 Å². The molecule has 1 fully saturated rings. The Morgan fingerprint density at radius 2 is 2.18 bits per heavy atom. The summed E-state index contributed by atoms with van der Waals surface area (Å²) in [7, 11) is 0. The van der Waals surface area contributed by atoms with Crippen LogP contribution in [0.5, 0.6) is 0 Å². The third-order valence-corrected chi connectivity index (χ3v) is 4.01. The standard InChI is InChI=1S/C16H20N4O2/c1-11(2)15(20-7-3-4-14(20)21)16(22)18-12-5-8-19-9-6-17-13(19)10-12/h5-6,8-11,15H,3-4,7H2,1-2H3,(H,18,22). The van der Waals surface area contributed by atoms with Crippen LogP contribution < -0.4 is 5.32 Å². The molecule has 1 N–H and O–H groups in total. The van der Waals surface area contributed by atoms with Crippen LogP contribution in [0.25, 0.3) is 5.65 Å². The summed E-state index contributed by atoms with van der Waals surface area (Å²) >= 11 is 0. The third kappa shape index (κ3) is 2.68. The molecule has 1 atom stereocenters. The van der Waals surface area contributed by atoms with Gasteiger partial charge in [-0.2, -0.15) is 0 Å². The number of amides is 2. The number of nitrogens with one attached hydrogen (secondary N) is 1. The van der Waals surface area contributed by atoms with Gasteiger partial charge in [0.25, 0.3) is 0 Å². The molecular formula is C16H20N4O2. The molecule has 2 aromatic rings. The number of nitrogens with zero attached hydrogens (tertiary/aromatic N) is 3. The minimum atomic E-state index is -0.425. The van der Waals surface area contributed by atoms with E-state index in [0.717, 1.165) is 12.1 Å². The van der Waals surface area contributed by atoms with Crippen molar-refractivity contribution in [3.05, 3.63) is 30.7 Å². The molecule has 0 aromatic carbocycles. The van der Waals surface area contributed by atoms with Gasteiger partial charge in [0.05, 0.1) is 0 Å². The van der Waals surface area contributed by atoms with E-state index in [9.17, 15) is 9.59 Å². The number of rotatable bonds is 4. The van der Waals surface area contributed by atoms with Gasteiger partial charge in [-0.05, 0) is 18.4 Å². The van der Waals surface area contributed by atoms with Gasteiger partial charge in [-0.3, -0.25) is 9.59 Å². The number of fused-ring (bicyclic) bond motifs is 1. The van der Waals surface area contributed by atoms with E-state index in [1.165, 1.54) is 0 Å². The third-order valence-electron chi connectivity index (χ3n) is 4.01. The largest absolute Gasteiger partial charge is 0.330 e. The topological polar surface area (TPSA) is 66.7 Å². The van der Waals surface area contributed by atoms with Crippen molar-refractivity contribution in [1.82, 2.24) is 14.3 Å². The Hall–Kier alpha value is -2.37. The summed E-state index contributed by atoms with van der Waals surface area (Å²) in [6, 6.07) is 3.22. The van der Waals surface area contributed by atoms with Gasteiger partial charge >= 0.3 is 0 Å². The molecule has 0 saturated carbocycles. The Bertz CT molecular complexity index is 707. The molecule has 0 aliphatic carbocycles. The van der Waals surface area contributed by atoms with Gasteiger partial charge in [0.2, 0.25) is 11.8 Å². The van der Waals surface area contributed by atoms with E-state index < -0.39 is 6.04 Å². The molecule has 2 amide bonds. The highest BCUT2D eigenvalue weighted by molar-refractivity contribution is 5.98. The molecule has 1 aliphatic heterocycles. The van der Waals surface area contributed by atoms with Crippen LogP contribution in [0.15, 0.2) is 30.7 Å². The van der Waals surface area contributed by atoms with Gasteiger partial charge in [0.1, 0.15) is 11.7 Å². The van der Waals surface area contributed by atoms with E-state index in [1.807, 2.05) is 42.8 Å². The van der Waals surface area contributed by atoms with Crippen molar-refractivity contribution in [2.24, 2.45) is 5.92 Å². The molecule has 1 saturated heterocycles. The second-order valence-electron chi connectivity index (χ2n) is 5.98. The van der Waals surface area contributed by atoms with Crippen molar-refractivity contribution >= 4 is 23.1 Å². The molecule has 0 radical (unpaired) electrons. The maximum atomic E-state index is 12.6. The zero-order chi connectivity index (χ0) is 15.7. The average molecular weight is 300 g/mol. The molecule has 6 heteroatoms. The second kappa shape index (κ2) is 5.79. The smallest absolute Gasteiger partial charge is 0.247 e. The zero-order valence-electron chi connectivity index (χ0n) is 12.8. The number of aromatic nitrogens is 2. The summed E-state index contributed by atoms with van der Waals surface area (Å²) in [4.78, 5) is 30.5. The molecule has 22 heavy (non-hydrogen) atoms. The van der Waals surface area contributed by atoms with Crippen molar-refractivity contribution in [2.45, 2.75) is 32.7 Å². The molecule has 2 aromatic heterocycles. The van der Waals surface area contributed by atoms with Crippen LogP contribution in [-0.2, 0) is 9.59 Å². The predicted octanol–water partition coefficient (Wildman–Crippen LogP) is 1.92. The molecule has 1 unspecified atom stereocenters. The Kier molecular flexibility index (Phi) is 3.83. The van der Waals surface area contributed by atoms with E-state index in [1.54, 1.807) is 11.1 Å². The van der Waals surface area contributed by atoms with Crippen molar-refractivity contribution < 1.29 is 9.59 Å². The average Bonchev–Trinajstić information content (AvgIpc) is 3.08. The minimum Gasteiger partial charge on any atom is -0.330 e. The fraction of sp³-hybridized carbons (Fsp3) is 0.438. The fourth-order valence-electron chi connectivity index (χ4n) is 2.97. The lowest BCUT2D eigenvalue weighted by Gasteiger charge is -2.29. The summed E-state index contributed by atoms with van der Waals surface area (Å²) in [6.45, 7) is 4.59. The first kappa shape index (κ1) is 14.6. The Morgan fingerprint density at radius 1 is 1.36 bits per heavy atom. The monoisotopic (exact) mass is 300 g/mol. The maximum Gasteiger partial charge on any atom is 0.247 e. The van der Waals surface area contributed by atoms with Gasteiger partial charge in [-0.1, -0.05) is 13.8 Å². The lowest BCUT2D eigenvalue weighted by Crippen LogP contribution is -2.47. The van der Waals surface area contributed by atoms with E-state index >= 15 is 0 Å². The van der Waals surface area contributed by atoms with Gasteiger partial charge in [0, 0.05) is 43.3 Å². The Labute approximate surface area is 129 Å². The van der Waals surface area contributed by atoms with Gasteiger partial charge < -0.3 is 14.6 Å².